The molecule has 11 heteroatoms. The Labute approximate surface area is 237 Å². The lowest BCUT2D eigenvalue weighted by Gasteiger charge is -2.33. The summed E-state index contributed by atoms with van der Waals surface area (Å²) in [6.45, 7) is 2.61. The molecule has 0 radical (unpaired) electrons. The van der Waals surface area contributed by atoms with Crippen molar-refractivity contribution in [3.05, 3.63) is 99.5 Å². The van der Waals surface area contributed by atoms with Gasteiger partial charge in [0.05, 0.1) is 5.56 Å². The molecule has 4 rings (SSSR count). The highest BCUT2D eigenvalue weighted by molar-refractivity contribution is 7.90. The molecule has 3 amide bonds. The van der Waals surface area contributed by atoms with Gasteiger partial charge in [0.1, 0.15) is 17.5 Å². The van der Waals surface area contributed by atoms with Crippen LogP contribution in [-0.4, -0.2) is 54.0 Å². The van der Waals surface area contributed by atoms with E-state index in [9.17, 15) is 22.8 Å². The van der Waals surface area contributed by atoms with Crippen molar-refractivity contribution in [2.45, 2.75) is 43.8 Å². The van der Waals surface area contributed by atoms with Gasteiger partial charge in [0.25, 0.3) is 15.9 Å². The summed E-state index contributed by atoms with van der Waals surface area (Å²) in [4.78, 5) is 41.5. The standard InChI is InChI=1S/C28H27Cl2N3O5S/c1-18(2)31-27(35)24(15-19-9-4-3-5-10-19)32(16-21-22(29)12-8-13-23(21)30)26(34)17-33-28(36)20-11-6-7-14-25(20)39(33,37)38/h3-14,18,24H,15-17H2,1-2H3,(H,31,35). The van der Waals surface area contributed by atoms with Gasteiger partial charge in [-0.25, -0.2) is 12.7 Å². The van der Waals surface area contributed by atoms with E-state index in [0.29, 0.717) is 9.87 Å². The van der Waals surface area contributed by atoms with Gasteiger partial charge in [-0.1, -0.05) is 71.7 Å². The number of rotatable bonds is 9. The first-order valence-corrected chi connectivity index (χ1v) is 14.4. The average molecular weight is 589 g/mol. The van der Waals surface area contributed by atoms with Gasteiger partial charge < -0.3 is 10.2 Å². The van der Waals surface area contributed by atoms with Crippen LogP contribution in [0.15, 0.2) is 77.7 Å². The van der Waals surface area contributed by atoms with E-state index in [0.717, 1.165) is 5.56 Å². The van der Waals surface area contributed by atoms with Crippen LogP contribution in [0.4, 0.5) is 0 Å². The predicted molar refractivity (Wildman–Crippen MR) is 149 cm³/mol. The lowest BCUT2D eigenvalue weighted by molar-refractivity contribution is -0.141. The van der Waals surface area contributed by atoms with Crippen molar-refractivity contribution in [2.24, 2.45) is 0 Å². The maximum Gasteiger partial charge on any atom is 0.269 e. The zero-order valence-electron chi connectivity index (χ0n) is 21.3. The van der Waals surface area contributed by atoms with Crippen LogP contribution < -0.4 is 5.32 Å². The molecular formula is C28H27Cl2N3O5S. The smallest absolute Gasteiger partial charge is 0.269 e. The van der Waals surface area contributed by atoms with Crippen LogP contribution in [0.1, 0.15) is 35.3 Å². The number of nitrogens with one attached hydrogen (secondary N) is 1. The highest BCUT2D eigenvalue weighted by Gasteiger charge is 2.43. The second kappa shape index (κ2) is 11.8. The minimum Gasteiger partial charge on any atom is -0.352 e. The molecule has 0 aromatic heterocycles. The summed E-state index contributed by atoms with van der Waals surface area (Å²) in [5.41, 5.74) is 1.16. The lowest BCUT2D eigenvalue weighted by atomic mass is 10.0. The van der Waals surface area contributed by atoms with E-state index in [4.69, 9.17) is 23.2 Å². The van der Waals surface area contributed by atoms with Gasteiger partial charge in [-0.3, -0.25) is 14.4 Å². The van der Waals surface area contributed by atoms with Crippen molar-refractivity contribution < 1.29 is 22.8 Å². The monoisotopic (exact) mass is 587 g/mol. The van der Waals surface area contributed by atoms with E-state index in [-0.39, 0.29) is 39.5 Å². The quantitative estimate of drug-likeness (QED) is 0.402. The average Bonchev–Trinajstić information content (AvgIpc) is 3.08. The van der Waals surface area contributed by atoms with E-state index >= 15 is 0 Å². The number of carbonyl (C=O) groups excluding carboxylic acids is 3. The Balaban J connectivity index is 1.75. The largest absolute Gasteiger partial charge is 0.352 e. The van der Waals surface area contributed by atoms with E-state index in [1.807, 2.05) is 30.3 Å². The topological polar surface area (TPSA) is 104 Å². The lowest BCUT2D eigenvalue weighted by Crippen LogP contribution is -2.54. The third kappa shape index (κ3) is 6.11. The molecule has 1 N–H and O–H groups in total. The molecule has 1 atom stereocenters. The van der Waals surface area contributed by atoms with Gasteiger partial charge in [0.15, 0.2) is 0 Å². The molecule has 3 aromatic rings. The Kier molecular flexibility index (Phi) is 8.64. The molecule has 0 saturated heterocycles. The fraction of sp³-hybridized carbons (Fsp3) is 0.250. The number of fused-ring (bicyclic) bond motifs is 1. The molecule has 1 unspecified atom stereocenters. The molecule has 1 aliphatic heterocycles. The molecular weight excluding hydrogens is 561 g/mol. The molecule has 0 aliphatic carbocycles. The minimum atomic E-state index is -4.25. The fourth-order valence-corrected chi connectivity index (χ4v) is 6.42. The van der Waals surface area contributed by atoms with Gasteiger partial charge in [0, 0.05) is 34.6 Å². The summed E-state index contributed by atoms with van der Waals surface area (Å²) in [5.74, 6) is -2.00. The van der Waals surface area contributed by atoms with Crippen LogP contribution in [0.2, 0.25) is 10.0 Å². The van der Waals surface area contributed by atoms with Crippen molar-refractivity contribution >= 4 is 50.9 Å². The third-order valence-corrected chi connectivity index (χ3v) is 8.78. The molecule has 1 heterocycles. The number of benzene rings is 3. The van der Waals surface area contributed by atoms with Crippen molar-refractivity contribution in [3.8, 4) is 0 Å². The van der Waals surface area contributed by atoms with Gasteiger partial charge in [-0.05, 0) is 43.7 Å². The summed E-state index contributed by atoms with van der Waals surface area (Å²) in [6, 6.07) is 18.5. The normalized spacial score (nSPS) is 14.7. The van der Waals surface area contributed by atoms with E-state index in [1.165, 1.54) is 23.1 Å². The number of nitrogens with zero attached hydrogens (tertiary/aromatic N) is 2. The zero-order valence-corrected chi connectivity index (χ0v) is 23.6. The van der Waals surface area contributed by atoms with Gasteiger partial charge >= 0.3 is 0 Å². The van der Waals surface area contributed by atoms with Crippen molar-refractivity contribution in [2.75, 3.05) is 6.54 Å². The first-order chi connectivity index (χ1) is 18.5. The van der Waals surface area contributed by atoms with Gasteiger partial charge in [0.2, 0.25) is 11.8 Å². The molecule has 0 bridgehead atoms. The Morgan fingerprint density at radius 1 is 0.923 bits per heavy atom. The Bertz CT molecular complexity index is 1490. The Morgan fingerprint density at radius 2 is 1.54 bits per heavy atom. The number of amides is 3. The second-order valence-electron chi connectivity index (χ2n) is 9.40. The van der Waals surface area contributed by atoms with Crippen LogP contribution in [0.25, 0.3) is 0 Å². The molecule has 1 aliphatic rings. The SMILES string of the molecule is CC(C)NC(=O)C(Cc1ccccc1)N(Cc1c(Cl)cccc1Cl)C(=O)CN1C(=O)c2ccccc2S1(=O)=O. The zero-order chi connectivity index (χ0) is 28.3. The minimum absolute atomic E-state index is 0.00983. The molecule has 204 valence electrons. The molecule has 0 spiro atoms. The van der Waals surface area contributed by atoms with Crippen molar-refractivity contribution in [1.29, 1.82) is 0 Å². The number of hydrogen-bond donors (Lipinski definition) is 1. The third-order valence-electron chi connectivity index (χ3n) is 6.28. The van der Waals surface area contributed by atoms with Crippen molar-refractivity contribution in [3.63, 3.8) is 0 Å². The number of hydrogen-bond acceptors (Lipinski definition) is 5. The summed E-state index contributed by atoms with van der Waals surface area (Å²) in [5, 5.41) is 3.40. The summed E-state index contributed by atoms with van der Waals surface area (Å²) < 4.78 is 26.9. The molecule has 3 aromatic carbocycles. The first kappa shape index (κ1) is 28.6. The summed E-state index contributed by atoms with van der Waals surface area (Å²) in [7, 11) is -4.25. The van der Waals surface area contributed by atoms with Crippen molar-refractivity contribution in [1.82, 2.24) is 14.5 Å². The highest BCUT2D eigenvalue weighted by atomic mass is 35.5. The highest BCUT2D eigenvalue weighted by Crippen LogP contribution is 2.31. The van der Waals surface area contributed by atoms with Gasteiger partial charge in [-0.2, -0.15) is 0 Å². The molecule has 0 fully saturated rings. The number of sulfonamides is 1. The van der Waals surface area contributed by atoms with E-state index < -0.39 is 40.3 Å². The van der Waals surface area contributed by atoms with E-state index in [2.05, 4.69) is 5.32 Å². The van der Waals surface area contributed by atoms with Crippen LogP contribution in [0, 0.1) is 0 Å². The Hall–Kier alpha value is -3.40. The van der Waals surface area contributed by atoms with Crippen LogP contribution >= 0.6 is 23.2 Å². The van der Waals surface area contributed by atoms with Crippen LogP contribution in [0.3, 0.4) is 0 Å². The number of halogens is 2. The maximum absolute atomic E-state index is 13.9. The second-order valence-corrected chi connectivity index (χ2v) is 12.0. The van der Waals surface area contributed by atoms with E-state index in [1.54, 1.807) is 38.1 Å². The molecule has 0 saturated carbocycles. The van der Waals surface area contributed by atoms with Crippen LogP contribution in [-0.2, 0) is 32.6 Å². The summed E-state index contributed by atoms with van der Waals surface area (Å²) >= 11 is 12.8. The molecule has 8 nitrogen and oxygen atoms in total. The first-order valence-electron chi connectivity index (χ1n) is 12.2. The predicted octanol–water partition coefficient (Wildman–Crippen LogP) is 4.30. The Morgan fingerprint density at radius 3 is 2.15 bits per heavy atom. The number of carbonyl (C=O) groups is 3. The van der Waals surface area contributed by atoms with Crippen LogP contribution in [0.5, 0.6) is 0 Å². The summed E-state index contributed by atoms with van der Waals surface area (Å²) in [6.07, 6.45) is 0.133. The fourth-order valence-electron chi connectivity index (χ4n) is 4.39. The maximum atomic E-state index is 13.9. The van der Waals surface area contributed by atoms with Gasteiger partial charge in [-0.15, -0.1) is 0 Å². The molecule has 39 heavy (non-hydrogen) atoms.